The molecule has 5 nitrogen and oxygen atoms in total. The third-order valence-electron chi connectivity index (χ3n) is 2.54. The van der Waals surface area contributed by atoms with Gasteiger partial charge in [0.15, 0.2) is 0 Å². The van der Waals surface area contributed by atoms with Crippen LogP contribution in [-0.2, 0) is 11.0 Å². The summed E-state index contributed by atoms with van der Waals surface area (Å²) in [5, 5.41) is 4.63. The third kappa shape index (κ3) is 4.79. The summed E-state index contributed by atoms with van der Waals surface area (Å²) < 4.78 is 37.2. The Labute approximate surface area is 113 Å². The molecule has 0 aromatic heterocycles. The highest BCUT2D eigenvalue weighted by Gasteiger charge is 2.30. The number of urea groups is 1. The maximum atomic E-state index is 12.4. The average molecular weight is 289 g/mol. The van der Waals surface area contributed by atoms with Crippen molar-refractivity contribution in [1.82, 2.24) is 10.6 Å². The topological polar surface area (TPSA) is 84.2 Å². The normalized spacial score (nSPS) is 12.6. The zero-order chi connectivity index (χ0) is 15.3. The number of amides is 3. The largest absolute Gasteiger partial charge is 0.416 e. The lowest BCUT2D eigenvalue weighted by Crippen LogP contribution is -2.40. The van der Waals surface area contributed by atoms with Gasteiger partial charge in [0, 0.05) is 0 Å². The van der Waals surface area contributed by atoms with Crippen LogP contribution in [0, 0.1) is 0 Å². The Bertz CT molecular complexity index is 486. The SMILES string of the molecule is C[C@@H](NC(=O)CNC(N)=O)c1ccc(C(F)(F)F)cc1. The Morgan fingerprint density at radius 2 is 1.80 bits per heavy atom. The van der Waals surface area contributed by atoms with Crippen molar-refractivity contribution in [1.29, 1.82) is 0 Å². The maximum Gasteiger partial charge on any atom is 0.416 e. The molecule has 1 aromatic carbocycles. The molecule has 1 aromatic rings. The van der Waals surface area contributed by atoms with Gasteiger partial charge in [-0.05, 0) is 24.6 Å². The van der Waals surface area contributed by atoms with Crippen molar-refractivity contribution in [2.45, 2.75) is 19.1 Å². The number of hydrogen-bond donors (Lipinski definition) is 3. The minimum atomic E-state index is -4.39. The molecule has 110 valence electrons. The lowest BCUT2D eigenvalue weighted by molar-refractivity contribution is -0.137. The van der Waals surface area contributed by atoms with Gasteiger partial charge in [0.1, 0.15) is 0 Å². The molecule has 0 aliphatic rings. The van der Waals surface area contributed by atoms with Gasteiger partial charge < -0.3 is 16.4 Å². The van der Waals surface area contributed by atoms with Gasteiger partial charge in [-0.2, -0.15) is 13.2 Å². The Balaban J connectivity index is 2.62. The van der Waals surface area contributed by atoms with E-state index < -0.39 is 29.7 Å². The highest BCUT2D eigenvalue weighted by atomic mass is 19.4. The van der Waals surface area contributed by atoms with Gasteiger partial charge in [0.2, 0.25) is 5.91 Å². The highest BCUT2D eigenvalue weighted by molar-refractivity contribution is 5.83. The van der Waals surface area contributed by atoms with Gasteiger partial charge in [0.05, 0.1) is 18.2 Å². The highest BCUT2D eigenvalue weighted by Crippen LogP contribution is 2.29. The first kappa shape index (κ1) is 15.8. The molecule has 0 heterocycles. The predicted molar refractivity (Wildman–Crippen MR) is 65.6 cm³/mol. The number of carbonyl (C=O) groups is 2. The molecule has 0 aliphatic carbocycles. The Hall–Kier alpha value is -2.25. The van der Waals surface area contributed by atoms with E-state index in [1.165, 1.54) is 12.1 Å². The van der Waals surface area contributed by atoms with Crippen LogP contribution in [0.2, 0.25) is 0 Å². The summed E-state index contributed by atoms with van der Waals surface area (Å²) >= 11 is 0. The molecule has 0 aliphatic heterocycles. The molecular formula is C12H14F3N3O2. The molecule has 20 heavy (non-hydrogen) atoms. The molecule has 1 atom stereocenters. The fourth-order valence-corrected chi connectivity index (χ4v) is 1.50. The monoisotopic (exact) mass is 289 g/mol. The maximum absolute atomic E-state index is 12.4. The lowest BCUT2D eigenvalue weighted by Gasteiger charge is -2.15. The van der Waals surface area contributed by atoms with E-state index in [1.54, 1.807) is 6.92 Å². The molecule has 8 heteroatoms. The van der Waals surface area contributed by atoms with Crippen molar-refractivity contribution in [3.8, 4) is 0 Å². The van der Waals surface area contributed by atoms with Crippen LogP contribution in [0.4, 0.5) is 18.0 Å². The van der Waals surface area contributed by atoms with Crippen LogP contribution < -0.4 is 16.4 Å². The van der Waals surface area contributed by atoms with Crippen LogP contribution in [-0.4, -0.2) is 18.5 Å². The van der Waals surface area contributed by atoms with Crippen LogP contribution in [0.15, 0.2) is 24.3 Å². The zero-order valence-electron chi connectivity index (χ0n) is 10.6. The summed E-state index contributed by atoms with van der Waals surface area (Å²) in [6, 6.07) is 3.14. The first-order valence-electron chi connectivity index (χ1n) is 5.70. The van der Waals surface area contributed by atoms with Crippen molar-refractivity contribution < 1.29 is 22.8 Å². The van der Waals surface area contributed by atoms with Crippen molar-refractivity contribution in [3.63, 3.8) is 0 Å². The van der Waals surface area contributed by atoms with Crippen LogP contribution in [0.1, 0.15) is 24.1 Å². The molecule has 0 saturated heterocycles. The smallest absolute Gasteiger partial charge is 0.352 e. The zero-order valence-corrected chi connectivity index (χ0v) is 10.6. The Kier molecular flexibility index (Phi) is 4.95. The second-order valence-corrected chi connectivity index (χ2v) is 4.13. The van der Waals surface area contributed by atoms with Gasteiger partial charge in [-0.15, -0.1) is 0 Å². The number of nitrogens with two attached hydrogens (primary N) is 1. The van der Waals surface area contributed by atoms with E-state index >= 15 is 0 Å². The second kappa shape index (κ2) is 6.27. The lowest BCUT2D eigenvalue weighted by atomic mass is 10.1. The summed E-state index contributed by atoms with van der Waals surface area (Å²) in [6.07, 6.45) is -4.39. The summed E-state index contributed by atoms with van der Waals surface area (Å²) in [4.78, 5) is 21.8. The van der Waals surface area contributed by atoms with E-state index in [4.69, 9.17) is 5.73 Å². The predicted octanol–water partition coefficient (Wildman–Crippen LogP) is 1.55. The fourth-order valence-electron chi connectivity index (χ4n) is 1.50. The Morgan fingerprint density at radius 3 is 2.25 bits per heavy atom. The van der Waals surface area contributed by atoms with E-state index in [0.29, 0.717) is 5.56 Å². The molecule has 3 amide bonds. The fraction of sp³-hybridized carbons (Fsp3) is 0.333. The minimum absolute atomic E-state index is 0.291. The van der Waals surface area contributed by atoms with Crippen molar-refractivity contribution in [2.24, 2.45) is 5.73 Å². The quantitative estimate of drug-likeness (QED) is 0.785. The average Bonchev–Trinajstić information content (AvgIpc) is 2.35. The molecule has 1 rings (SSSR count). The van der Waals surface area contributed by atoms with Crippen molar-refractivity contribution in [3.05, 3.63) is 35.4 Å². The van der Waals surface area contributed by atoms with Crippen LogP contribution in [0.25, 0.3) is 0 Å². The first-order chi connectivity index (χ1) is 9.20. The van der Waals surface area contributed by atoms with Gasteiger partial charge in [0.25, 0.3) is 0 Å². The third-order valence-corrected chi connectivity index (χ3v) is 2.54. The summed E-state index contributed by atoms with van der Waals surface area (Å²) in [5.74, 6) is -0.490. The molecule has 0 bridgehead atoms. The standard InChI is InChI=1S/C12H14F3N3O2/c1-7(18-10(19)6-17-11(16)20)8-2-4-9(5-3-8)12(13,14)15/h2-5,7H,6H2,1H3,(H,18,19)(H3,16,17,20)/t7-/m1/s1. The van der Waals surface area contributed by atoms with E-state index in [1.807, 2.05) is 0 Å². The molecule has 0 saturated carbocycles. The van der Waals surface area contributed by atoms with Crippen molar-refractivity contribution >= 4 is 11.9 Å². The van der Waals surface area contributed by atoms with E-state index in [2.05, 4.69) is 10.6 Å². The minimum Gasteiger partial charge on any atom is -0.352 e. The second-order valence-electron chi connectivity index (χ2n) is 4.13. The summed E-state index contributed by atoms with van der Waals surface area (Å²) in [5.41, 5.74) is 4.57. The number of primary amides is 1. The van der Waals surface area contributed by atoms with Crippen LogP contribution in [0.3, 0.4) is 0 Å². The summed E-state index contributed by atoms with van der Waals surface area (Å²) in [6.45, 7) is 1.32. The van der Waals surface area contributed by atoms with E-state index in [0.717, 1.165) is 12.1 Å². The van der Waals surface area contributed by atoms with Crippen LogP contribution in [0.5, 0.6) is 0 Å². The van der Waals surface area contributed by atoms with Gasteiger partial charge in [-0.1, -0.05) is 12.1 Å². The molecular weight excluding hydrogens is 275 g/mol. The first-order valence-corrected chi connectivity index (χ1v) is 5.70. The molecule has 0 radical (unpaired) electrons. The molecule has 0 unspecified atom stereocenters. The number of benzene rings is 1. The number of hydrogen-bond acceptors (Lipinski definition) is 2. The summed E-state index contributed by atoms with van der Waals surface area (Å²) in [7, 11) is 0. The number of rotatable bonds is 4. The number of carbonyl (C=O) groups excluding carboxylic acids is 2. The number of halogens is 3. The van der Waals surface area contributed by atoms with E-state index in [-0.39, 0.29) is 6.54 Å². The van der Waals surface area contributed by atoms with E-state index in [9.17, 15) is 22.8 Å². The van der Waals surface area contributed by atoms with Gasteiger partial charge >= 0.3 is 12.2 Å². The molecule has 4 N–H and O–H groups in total. The van der Waals surface area contributed by atoms with Crippen LogP contribution >= 0.6 is 0 Å². The van der Waals surface area contributed by atoms with Crippen molar-refractivity contribution in [2.75, 3.05) is 6.54 Å². The Morgan fingerprint density at radius 1 is 1.25 bits per heavy atom. The van der Waals surface area contributed by atoms with Gasteiger partial charge in [-0.3, -0.25) is 4.79 Å². The number of nitrogens with one attached hydrogen (secondary N) is 2. The number of alkyl halides is 3. The van der Waals surface area contributed by atoms with Gasteiger partial charge in [-0.25, -0.2) is 4.79 Å². The molecule has 0 spiro atoms. The molecule has 0 fully saturated rings.